The van der Waals surface area contributed by atoms with Crippen molar-refractivity contribution in [2.75, 3.05) is 24.7 Å². The van der Waals surface area contributed by atoms with Gasteiger partial charge in [0, 0.05) is 30.3 Å². The maximum atomic E-state index is 12.5. The molecular formula is C20H20N2O4. The van der Waals surface area contributed by atoms with Gasteiger partial charge >= 0.3 is 0 Å². The maximum absolute atomic E-state index is 12.5. The quantitative estimate of drug-likeness (QED) is 0.920. The molecule has 2 aliphatic heterocycles. The lowest BCUT2D eigenvalue weighted by Crippen LogP contribution is -2.37. The highest BCUT2D eigenvalue weighted by Gasteiger charge is 2.32. The van der Waals surface area contributed by atoms with Gasteiger partial charge in [-0.3, -0.25) is 9.59 Å². The van der Waals surface area contributed by atoms with Crippen LogP contribution >= 0.6 is 0 Å². The second-order valence-electron chi connectivity index (χ2n) is 6.52. The number of nitrogens with zero attached hydrogens (tertiary/aromatic N) is 1. The molecule has 2 amide bonds. The zero-order valence-electron chi connectivity index (χ0n) is 14.5. The SMILES string of the molecule is Cc1ccccc1C(=O)NC1CC(=O)N(c2ccc3c(c2)OCCO3)C1. The number of aryl methyl sites for hydroxylation is 1. The smallest absolute Gasteiger partial charge is 0.251 e. The van der Waals surface area contributed by atoms with Crippen LogP contribution in [-0.4, -0.2) is 37.6 Å². The van der Waals surface area contributed by atoms with Gasteiger partial charge in [-0.1, -0.05) is 18.2 Å². The molecule has 0 spiro atoms. The number of rotatable bonds is 3. The Morgan fingerprint density at radius 2 is 1.88 bits per heavy atom. The molecule has 1 fully saturated rings. The van der Waals surface area contributed by atoms with Crippen molar-refractivity contribution in [2.24, 2.45) is 0 Å². The van der Waals surface area contributed by atoms with E-state index < -0.39 is 0 Å². The van der Waals surface area contributed by atoms with Crippen LogP contribution in [0.25, 0.3) is 0 Å². The van der Waals surface area contributed by atoms with E-state index in [-0.39, 0.29) is 24.3 Å². The average Bonchev–Trinajstić information content (AvgIpc) is 3.01. The highest BCUT2D eigenvalue weighted by atomic mass is 16.6. The molecule has 0 saturated carbocycles. The van der Waals surface area contributed by atoms with Crippen LogP contribution in [0.5, 0.6) is 11.5 Å². The lowest BCUT2D eigenvalue weighted by molar-refractivity contribution is -0.117. The molecular weight excluding hydrogens is 332 g/mol. The van der Waals surface area contributed by atoms with Crippen molar-refractivity contribution < 1.29 is 19.1 Å². The fraction of sp³-hybridized carbons (Fsp3) is 0.300. The molecule has 1 atom stereocenters. The van der Waals surface area contributed by atoms with Crippen molar-refractivity contribution >= 4 is 17.5 Å². The van der Waals surface area contributed by atoms with Gasteiger partial charge < -0.3 is 19.7 Å². The molecule has 2 heterocycles. The Kier molecular flexibility index (Phi) is 4.24. The van der Waals surface area contributed by atoms with Crippen LogP contribution in [0.15, 0.2) is 42.5 Å². The Morgan fingerprint density at radius 1 is 1.12 bits per heavy atom. The molecule has 2 aromatic carbocycles. The van der Waals surface area contributed by atoms with Crippen molar-refractivity contribution in [1.29, 1.82) is 0 Å². The summed E-state index contributed by atoms with van der Waals surface area (Å²) in [4.78, 5) is 26.6. The summed E-state index contributed by atoms with van der Waals surface area (Å²) in [6, 6.07) is 12.7. The molecule has 0 bridgehead atoms. The van der Waals surface area contributed by atoms with Crippen LogP contribution in [0, 0.1) is 6.92 Å². The summed E-state index contributed by atoms with van der Waals surface area (Å²) >= 11 is 0. The average molecular weight is 352 g/mol. The minimum absolute atomic E-state index is 0.0169. The van der Waals surface area contributed by atoms with Gasteiger partial charge in [-0.2, -0.15) is 0 Å². The van der Waals surface area contributed by atoms with Crippen LogP contribution < -0.4 is 19.7 Å². The zero-order valence-corrected chi connectivity index (χ0v) is 14.5. The Hall–Kier alpha value is -3.02. The Labute approximate surface area is 151 Å². The lowest BCUT2D eigenvalue weighted by atomic mass is 10.1. The number of benzene rings is 2. The van der Waals surface area contributed by atoms with Crippen LogP contribution in [0.4, 0.5) is 5.69 Å². The first-order valence-electron chi connectivity index (χ1n) is 8.68. The van der Waals surface area contributed by atoms with Gasteiger partial charge in [0.05, 0.1) is 6.04 Å². The second kappa shape index (κ2) is 6.71. The van der Waals surface area contributed by atoms with E-state index in [1.54, 1.807) is 11.0 Å². The third-order valence-corrected chi connectivity index (χ3v) is 4.69. The molecule has 2 aliphatic rings. The summed E-state index contributed by atoms with van der Waals surface area (Å²) in [5.74, 6) is 1.17. The minimum Gasteiger partial charge on any atom is -0.486 e. The summed E-state index contributed by atoms with van der Waals surface area (Å²) in [6.45, 7) is 3.37. The van der Waals surface area contributed by atoms with E-state index in [9.17, 15) is 9.59 Å². The van der Waals surface area contributed by atoms with E-state index >= 15 is 0 Å². The number of nitrogens with one attached hydrogen (secondary N) is 1. The molecule has 0 aliphatic carbocycles. The number of carbonyl (C=O) groups excluding carboxylic acids is 2. The summed E-state index contributed by atoms with van der Waals surface area (Å²) in [5.41, 5.74) is 2.31. The van der Waals surface area contributed by atoms with Gasteiger partial charge in [0.15, 0.2) is 11.5 Å². The number of hydrogen-bond donors (Lipinski definition) is 1. The number of carbonyl (C=O) groups is 2. The van der Waals surface area contributed by atoms with Crippen molar-refractivity contribution in [3.8, 4) is 11.5 Å². The summed E-state index contributed by atoms with van der Waals surface area (Å²) < 4.78 is 11.1. The maximum Gasteiger partial charge on any atom is 0.251 e. The zero-order chi connectivity index (χ0) is 18.1. The standard InChI is InChI=1S/C20H20N2O4/c1-13-4-2-3-5-16(13)20(24)21-14-10-19(23)22(12-14)15-6-7-17-18(11-15)26-9-8-25-17/h2-7,11,14H,8-10,12H2,1H3,(H,21,24). The molecule has 2 aromatic rings. The molecule has 134 valence electrons. The van der Waals surface area contributed by atoms with Gasteiger partial charge in [-0.15, -0.1) is 0 Å². The first kappa shape index (κ1) is 16.4. The largest absolute Gasteiger partial charge is 0.486 e. The highest BCUT2D eigenvalue weighted by Crippen LogP contribution is 2.35. The molecule has 1 unspecified atom stereocenters. The van der Waals surface area contributed by atoms with Crippen LogP contribution in [-0.2, 0) is 4.79 Å². The summed E-state index contributed by atoms with van der Waals surface area (Å²) in [7, 11) is 0. The van der Waals surface area contributed by atoms with E-state index in [4.69, 9.17) is 9.47 Å². The number of amides is 2. The van der Waals surface area contributed by atoms with Gasteiger partial charge in [0.2, 0.25) is 5.91 Å². The van der Waals surface area contributed by atoms with E-state index in [0.29, 0.717) is 36.8 Å². The van der Waals surface area contributed by atoms with Crippen molar-refractivity contribution in [2.45, 2.75) is 19.4 Å². The normalized spacial score (nSPS) is 18.7. The van der Waals surface area contributed by atoms with Gasteiger partial charge in [0.1, 0.15) is 13.2 Å². The highest BCUT2D eigenvalue weighted by molar-refractivity contribution is 5.99. The molecule has 0 radical (unpaired) electrons. The summed E-state index contributed by atoms with van der Waals surface area (Å²) in [6.07, 6.45) is 0.284. The monoisotopic (exact) mass is 352 g/mol. The number of ether oxygens (including phenoxy) is 2. The Balaban J connectivity index is 1.47. The first-order valence-corrected chi connectivity index (χ1v) is 8.68. The third kappa shape index (κ3) is 3.10. The van der Waals surface area contributed by atoms with Crippen LogP contribution in [0.1, 0.15) is 22.3 Å². The number of fused-ring (bicyclic) bond motifs is 1. The first-order chi connectivity index (χ1) is 12.6. The number of hydrogen-bond acceptors (Lipinski definition) is 4. The molecule has 1 saturated heterocycles. The summed E-state index contributed by atoms with van der Waals surface area (Å²) in [5, 5.41) is 2.97. The molecule has 4 rings (SSSR count). The molecule has 0 aromatic heterocycles. The van der Waals surface area contributed by atoms with Crippen molar-refractivity contribution in [1.82, 2.24) is 5.32 Å². The molecule has 1 N–H and O–H groups in total. The van der Waals surface area contributed by atoms with Gasteiger partial charge in [-0.25, -0.2) is 0 Å². The van der Waals surface area contributed by atoms with E-state index in [1.807, 2.05) is 43.3 Å². The second-order valence-corrected chi connectivity index (χ2v) is 6.52. The predicted octanol–water partition coefficient (Wildman–Crippen LogP) is 2.30. The molecule has 26 heavy (non-hydrogen) atoms. The fourth-order valence-electron chi connectivity index (χ4n) is 3.34. The number of anilines is 1. The lowest BCUT2D eigenvalue weighted by Gasteiger charge is -2.22. The van der Waals surface area contributed by atoms with Crippen molar-refractivity contribution in [3.05, 3.63) is 53.6 Å². The van der Waals surface area contributed by atoms with E-state index in [2.05, 4.69) is 5.32 Å². The van der Waals surface area contributed by atoms with Crippen molar-refractivity contribution in [3.63, 3.8) is 0 Å². The van der Waals surface area contributed by atoms with E-state index in [1.165, 1.54) is 0 Å². The Bertz CT molecular complexity index is 865. The minimum atomic E-state index is -0.220. The molecule has 6 nitrogen and oxygen atoms in total. The fourth-order valence-corrected chi connectivity index (χ4v) is 3.34. The van der Waals surface area contributed by atoms with Crippen LogP contribution in [0.3, 0.4) is 0 Å². The predicted molar refractivity (Wildman–Crippen MR) is 96.8 cm³/mol. The van der Waals surface area contributed by atoms with Gasteiger partial charge in [-0.05, 0) is 30.7 Å². The van der Waals surface area contributed by atoms with E-state index in [0.717, 1.165) is 11.3 Å². The third-order valence-electron chi connectivity index (χ3n) is 4.69. The van der Waals surface area contributed by atoms with Gasteiger partial charge in [0.25, 0.3) is 5.91 Å². The topological polar surface area (TPSA) is 67.9 Å². The molecule has 6 heteroatoms. The Morgan fingerprint density at radius 3 is 2.69 bits per heavy atom. The van der Waals surface area contributed by atoms with Crippen LogP contribution in [0.2, 0.25) is 0 Å².